The highest BCUT2D eigenvalue weighted by Crippen LogP contribution is 2.03. The van der Waals surface area contributed by atoms with Gasteiger partial charge in [0.25, 0.3) is 0 Å². The molecule has 0 heterocycles. The summed E-state index contributed by atoms with van der Waals surface area (Å²) in [4.78, 5) is 0. The first kappa shape index (κ1) is 8.18. The van der Waals surface area contributed by atoms with Crippen LogP contribution in [-0.4, -0.2) is 0 Å². The molecule has 2 heteroatoms. The molecule has 0 saturated carbocycles. The highest BCUT2D eigenvalue weighted by atomic mass is 31.0. The molecule has 0 aromatic heterocycles. The lowest BCUT2D eigenvalue weighted by Crippen LogP contribution is -2.09. The first-order valence-corrected chi connectivity index (χ1v) is 4.39. The van der Waals surface area contributed by atoms with E-state index in [4.69, 9.17) is 0 Å². The summed E-state index contributed by atoms with van der Waals surface area (Å²) in [6.07, 6.45) is 0. The van der Waals surface area contributed by atoms with Crippen molar-refractivity contribution in [2.45, 2.75) is 13.8 Å². The van der Waals surface area contributed by atoms with Crippen LogP contribution in [-0.2, 0) is 0 Å². The zero-order chi connectivity index (χ0) is 7.72. The molecule has 0 radical (unpaired) electrons. The molecular formula is C8H12P2. The van der Waals surface area contributed by atoms with Crippen molar-refractivity contribution in [1.82, 2.24) is 0 Å². The van der Waals surface area contributed by atoms with E-state index >= 15 is 0 Å². The smallest absolute Gasteiger partial charge is 0.0265 e. The van der Waals surface area contributed by atoms with E-state index in [-0.39, 0.29) is 0 Å². The third-order valence-corrected chi connectivity index (χ3v) is 2.83. The Hall–Kier alpha value is 0.0800. The minimum atomic E-state index is 1.30. The molecule has 0 aliphatic rings. The normalized spacial score (nSPS) is 10.0. The lowest BCUT2D eigenvalue weighted by molar-refractivity contribution is 1.47. The van der Waals surface area contributed by atoms with Crippen LogP contribution in [0.1, 0.15) is 11.1 Å². The number of hydrogen-bond acceptors (Lipinski definition) is 0. The van der Waals surface area contributed by atoms with Crippen molar-refractivity contribution in [2.24, 2.45) is 0 Å². The minimum absolute atomic E-state index is 1.30. The fourth-order valence-electron chi connectivity index (χ4n) is 0.915. The third kappa shape index (κ3) is 1.57. The molecule has 0 nitrogen and oxygen atoms in total. The Balaban J connectivity index is 3.31. The average Bonchev–Trinajstić information content (AvgIpc) is 1.82. The van der Waals surface area contributed by atoms with Crippen LogP contribution < -0.4 is 10.6 Å². The van der Waals surface area contributed by atoms with Crippen molar-refractivity contribution >= 4 is 29.1 Å². The maximum Gasteiger partial charge on any atom is -0.0265 e. The minimum Gasteiger partial charge on any atom is -0.105 e. The molecule has 0 fully saturated rings. The Bertz CT molecular complexity index is 230. The molecule has 0 spiro atoms. The first-order chi connectivity index (χ1) is 4.61. The van der Waals surface area contributed by atoms with Crippen LogP contribution in [0.15, 0.2) is 12.1 Å². The van der Waals surface area contributed by atoms with E-state index in [1.165, 1.54) is 21.7 Å². The topological polar surface area (TPSA) is 0 Å². The number of rotatable bonds is 0. The summed E-state index contributed by atoms with van der Waals surface area (Å²) in [7, 11) is 5.48. The maximum absolute atomic E-state index is 2.74. The van der Waals surface area contributed by atoms with E-state index in [1.54, 1.807) is 0 Å². The third-order valence-electron chi connectivity index (χ3n) is 1.63. The monoisotopic (exact) mass is 170 g/mol. The van der Waals surface area contributed by atoms with Crippen LogP contribution in [0.25, 0.3) is 0 Å². The molecule has 0 aliphatic heterocycles. The van der Waals surface area contributed by atoms with Gasteiger partial charge in [-0.3, -0.25) is 0 Å². The Labute approximate surface area is 66.8 Å². The molecule has 2 unspecified atom stereocenters. The van der Waals surface area contributed by atoms with Crippen molar-refractivity contribution in [3.8, 4) is 0 Å². The highest BCUT2D eigenvalue weighted by molar-refractivity contribution is 7.29. The van der Waals surface area contributed by atoms with E-state index in [0.29, 0.717) is 0 Å². The van der Waals surface area contributed by atoms with Crippen molar-refractivity contribution in [3.05, 3.63) is 23.3 Å². The van der Waals surface area contributed by atoms with E-state index < -0.39 is 0 Å². The molecule has 0 saturated heterocycles. The standard InChI is InChI=1S/C8H12P2/c1-5-3-7(9)6(2)8(10)4-5/h3-4H,9-10H2,1-2H3. The van der Waals surface area contributed by atoms with Gasteiger partial charge in [0.05, 0.1) is 0 Å². The summed E-state index contributed by atoms with van der Waals surface area (Å²) < 4.78 is 0. The predicted octanol–water partition coefficient (Wildman–Crippen LogP) is 1.30. The number of aryl methyl sites for hydroxylation is 1. The molecule has 0 aliphatic carbocycles. The molecule has 54 valence electrons. The van der Waals surface area contributed by atoms with Gasteiger partial charge in [-0.05, 0) is 35.6 Å². The second-order valence-corrected chi connectivity index (χ2v) is 3.81. The lowest BCUT2D eigenvalue weighted by atomic mass is 10.2. The van der Waals surface area contributed by atoms with Gasteiger partial charge in [0.15, 0.2) is 0 Å². The van der Waals surface area contributed by atoms with Gasteiger partial charge in [-0.15, -0.1) is 18.5 Å². The zero-order valence-corrected chi connectivity index (χ0v) is 8.62. The molecule has 0 N–H and O–H groups in total. The molecular weight excluding hydrogens is 158 g/mol. The van der Waals surface area contributed by atoms with Gasteiger partial charge in [-0.2, -0.15) is 0 Å². The van der Waals surface area contributed by atoms with Crippen LogP contribution in [0.4, 0.5) is 0 Å². The predicted molar refractivity (Wildman–Crippen MR) is 54.6 cm³/mol. The van der Waals surface area contributed by atoms with Crippen molar-refractivity contribution in [1.29, 1.82) is 0 Å². The summed E-state index contributed by atoms with van der Waals surface area (Å²) in [6, 6.07) is 4.35. The molecule has 2 atom stereocenters. The fraction of sp³-hybridized carbons (Fsp3) is 0.250. The van der Waals surface area contributed by atoms with E-state index in [0.717, 1.165) is 0 Å². The second-order valence-electron chi connectivity index (χ2n) is 2.57. The van der Waals surface area contributed by atoms with Gasteiger partial charge in [0.1, 0.15) is 0 Å². The van der Waals surface area contributed by atoms with Gasteiger partial charge < -0.3 is 0 Å². The maximum atomic E-state index is 2.74. The Morgan fingerprint density at radius 3 is 1.80 bits per heavy atom. The van der Waals surface area contributed by atoms with Crippen LogP contribution >= 0.6 is 18.5 Å². The zero-order valence-electron chi connectivity index (χ0n) is 6.31. The van der Waals surface area contributed by atoms with Crippen LogP contribution in [0.3, 0.4) is 0 Å². The van der Waals surface area contributed by atoms with Gasteiger partial charge in [-0.25, -0.2) is 0 Å². The quantitative estimate of drug-likeness (QED) is 0.515. The van der Waals surface area contributed by atoms with Gasteiger partial charge in [0, 0.05) is 0 Å². The molecule has 0 amide bonds. The van der Waals surface area contributed by atoms with Crippen molar-refractivity contribution in [2.75, 3.05) is 0 Å². The summed E-state index contributed by atoms with van der Waals surface area (Å²) in [5.74, 6) is 0. The van der Waals surface area contributed by atoms with E-state index in [1.807, 2.05) is 0 Å². The summed E-state index contributed by atoms with van der Waals surface area (Å²) in [5.41, 5.74) is 2.67. The van der Waals surface area contributed by atoms with Crippen LogP contribution in [0.5, 0.6) is 0 Å². The van der Waals surface area contributed by atoms with Crippen molar-refractivity contribution in [3.63, 3.8) is 0 Å². The summed E-state index contributed by atoms with van der Waals surface area (Å²) in [6.45, 7) is 4.24. The summed E-state index contributed by atoms with van der Waals surface area (Å²) >= 11 is 0. The van der Waals surface area contributed by atoms with Gasteiger partial charge >= 0.3 is 0 Å². The fourth-order valence-corrected chi connectivity index (χ4v) is 1.94. The largest absolute Gasteiger partial charge is 0.105 e. The molecule has 10 heavy (non-hydrogen) atoms. The molecule has 1 aromatic rings. The Morgan fingerprint density at radius 2 is 1.40 bits per heavy atom. The molecule has 0 bridgehead atoms. The summed E-state index contributed by atoms with van der Waals surface area (Å²) in [5, 5.41) is 2.59. The Morgan fingerprint density at radius 1 is 1.00 bits per heavy atom. The lowest BCUT2D eigenvalue weighted by Gasteiger charge is -2.04. The van der Waals surface area contributed by atoms with E-state index in [2.05, 4.69) is 44.5 Å². The highest BCUT2D eigenvalue weighted by Gasteiger charge is 1.96. The van der Waals surface area contributed by atoms with Gasteiger partial charge in [-0.1, -0.05) is 12.1 Å². The Kier molecular flexibility index (Phi) is 2.45. The number of hydrogen-bond donors (Lipinski definition) is 0. The first-order valence-electron chi connectivity index (χ1n) is 3.23. The second kappa shape index (κ2) is 2.99. The molecule has 1 rings (SSSR count). The molecule has 1 aromatic carbocycles. The van der Waals surface area contributed by atoms with Gasteiger partial charge in [0.2, 0.25) is 0 Å². The van der Waals surface area contributed by atoms with E-state index in [9.17, 15) is 0 Å². The van der Waals surface area contributed by atoms with Crippen LogP contribution in [0.2, 0.25) is 0 Å². The average molecular weight is 170 g/mol. The van der Waals surface area contributed by atoms with Crippen molar-refractivity contribution < 1.29 is 0 Å². The van der Waals surface area contributed by atoms with Crippen LogP contribution in [0, 0.1) is 13.8 Å². The number of benzene rings is 1. The SMILES string of the molecule is Cc1cc(P)c(C)c(P)c1.